The number of aromatic nitrogens is 1. The van der Waals surface area contributed by atoms with E-state index in [4.69, 9.17) is 15.7 Å². The van der Waals surface area contributed by atoms with Crippen molar-refractivity contribution in [3.63, 3.8) is 0 Å². The minimum Gasteiger partial charge on any atom is -0.466 e. The maximum atomic E-state index is 12.9. The van der Waals surface area contributed by atoms with Gasteiger partial charge in [-0.3, -0.25) is 9.78 Å². The van der Waals surface area contributed by atoms with Crippen LogP contribution in [0.2, 0.25) is 0 Å². The summed E-state index contributed by atoms with van der Waals surface area (Å²) < 4.78 is 30.5. The molecule has 2 N–H and O–H groups in total. The number of nitrogens with zero attached hydrogens (tertiary/aromatic N) is 2. The number of ether oxygens (including phenoxy) is 1. The van der Waals surface area contributed by atoms with E-state index in [0.717, 1.165) is 6.20 Å². The van der Waals surface area contributed by atoms with Gasteiger partial charge in [-0.1, -0.05) is 0 Å². The number of nitrogens with two attached hydrogens (primary N) is 1. The van der Waals surface area contributed by atoms with Crippen LogP contribution in [0.3, 0.4) is 0 Å². The van der Waals surface area contributed by atoms with Gasteiger partial charge in [-0.05, 0) is 12.5 Å². The molecule has 1 heterocycles. The molecule has 0 radical (unpaired) electrons. The van der Waals surface area contributed by atoms with Crippen LogP contribution in [-0.4, -0.2) is 17.6 Å². The largest absolute Gasteiger partial charge is 0.466 e. The summed E-state index contributed by atoms with van der Waals surface area (Å²) in [4.78, 5) is 15.2. The zero-order valence-electron chi connectivity index (χ0n) is 10.3. The van der Waals surface area contributed by atoms with E-state index in [9.17, 15) is 13.6 Å². The van der Waals surface area contributed by atoms with E-state index < -0.39 is 24.4 Å². The van der Waals surface area contributed by atoms with Gasteiger partial charge in [0.25, 0.3) is 6.43 Å². The molecule has 1 rings (SSSR count). The number of alkyl halides is 2. The Morgan fingerprint density at radius 2 is 2.32 bits per heavy atom. The van der Waals surface area contributed by atoms with Gasteiger partial charge in [0.15, 0.2) is 0 Å². The lowest BCUT2D eigenvalue weighted by molar-refractivity contribution is -0.142. The molecule has 0 aliphatic carbocycles. The normalized spacial score (nSPS) is 10.3. The Hall–Kier alpha value is -2.07. The maximum absolute atomic E-state index is 12.9. The predicted octanol–water partition coefficient (Wildman–Crippen LogP) is 1.46. The second-order valence-corrected chi connectivity index (χ2v) is 3.61. The van der Waals surface area contributed by atoms with Crippen molar-refractivity contribution in [3.05, 3.63) is 28.6 Å². The molecule has 0 saturated carbocycles. The van der Waals surface area contributed by atoms with Crippen LogP contribution >= 0.6 is 0 Å². The molecule has 102 valence electrons. The molecular weight excluding hydrogens is 256 g/mol. The van der Waals surface area contributed by atoms with Crippen LogP contribution in [0.15, 0.2) is 6.20 Å². The van der Waals surface area contributed by atoms with Gasteiger partial charge in [-0.2, -0.15) is 5.26 Å². The number of carbonyl (C=O) groups is 1. The molecule has 0 atom stereocenters. The van der Waals surface area contributed by atoms with Crippen LogP contribution in [0.1, 0.15) is 35.7 Å². The van der Waals surface area contributed by atoms with Crippen molar-refractivity contribution in [1.29, 1.82) is 5.26 Å². The van der Waals surface area contributed by atoms with Crippen molar-refractivity contribution in [3.8, 4) is 6.07 Å². The number of nitriles is 1. The van der Waals surface area contributed by atoms with E-state index in [2.05, 4.69) is 4.98 Å². The molecule has 0 aromatic carbocycles. The molecule has 19 heavy (non-hydrogen) atoms. The van der Waals surface area contributed by atoms with Gasteiger partial charge in [0.2, 0.25) is 0 Å². The van der Waals surface area contributed by atoms with E-state index >= 15 is 0 Å². The molecule has 0 unspecified atom stereocenters. The molecular formula is C12H13F2N3O2. The lowest BCUT2D eigenvalue weighted by atomic mass is 9.99. The maximum Gasteiger partial charge on any atom is 0.310 e. The second kappa shape index (κ2) is 6.75. The minimum absolute atomic E-state index is 0.0635. The number of rotatable bonds is 5. The summed E-state index contributed by atoms with van der Waals surface area (Å²) in [5, 5.41) is 9.04. The van der Waals surface area contributed by atoms with Crippen LogP contribution in [0.5, 0.6) is 0 Å². The first-order valence-corrected chi connectivity index (χ1v) is 5.59. The number of pyridine rings is 1. The fourth-order valence-electron chi connectivity index (χ4n) is 1.63. The van der Waals surface area contributed by atoms with Crippen molar-refractivity contribution in [2.75, 3.05) is 6.61 Å². The van der Waals surface area contributed by atoms with Crippen molar-refractivity contribution in [2.24, 2.45) is 5.73 Å². The Kier molecular flexibility index (Phi) is 5.33. The monoisotopic (exact) mass is 269 g/mol. The number of hydrogen-bond acceptors (Lipinski definition) is 5. The molecule has 0 fully saturated rings. The summed E-state index contributed by atoms with van der Waals surface area (Å²) in [5.74, 6) is -0.671. The highest BCUT2D eigenvalue weighted by Gasteiger charge is 2.22. The van der Waals surface area contributed by atoms with Gasteiger partial charge in [0.1, 0.15) is 6.07 Å². The third-order valence-electron chi connectivity index (χ3n) is 2.46. The minimum atomic E-state index is -2.82. The third-order valence-corrected chi connectivity index (χ3v) is 2.46. The summed E-state index contributed by atoms with van der Waals surface area (Å²) in [7, 11) is 0. The van der Waals surface area contributed by atoms with Gasteiger partial charge in [0, 0.05) is 18.3 Å². The second-order valence-electron chi connectivity index (χ2n) is 3.61. The van der Waals surface area contributed by atoms with Crippen LogP contribution < -0.4 is 5.73 Å². The van der Waals surface area contributed by atoms with Gasteiger partial charge in [-0.15, -0.1) is 0 Å². The number of halogens is 2. The molecule has 7 heteroatoms. The smallest absolute Gasteiger partial charge is 0.310 e. The highest BCUT2D eigenvalue weighted by Crippen LogP contribution is 2.26. The molecule has 5 nitrogen and oxygen atoms in total. The molecule has 0 amide bonds. The summed E-state index contributed by atoms with van der Waals surface area (Å²) >= 11 is 0. The first kappa shape index (κ1) is 15.0. The van der Waals surface area contributed by atoms with Gasteiger partial charge < -0.3 is 10.5 Å². The lowest BCUT2D eigenvalue weighted by Gasteiger charge is -2.12. The Morgan fingerprint density at radius 1 is 1.63 bits per heavy atom. The number of esters is 1. The molecule has 0 aliphatic heterocycles. The van der Waals surface area contributed by atoms with E-state index in [0.29, 0.717) is 0 Å². The van der Waals surface area contributed by atoms with Crippen molar-refractivity contribution in [1.82, 2.24) is 4.98 Å². The average Bonchev–Trinajstić information content (AvgIpc) is 2.37. The summed E-state index contributed by atoms with van der Waals surface area (Å²) in [6, 6.07) is 1.77. The Labute approximate surface area is 109 Å². The molecule has 0 spiro atoms. The van der Waals surface area contributed by atoms with E-state index in [1.165, 1.54) is 0 Å². The SMILES string of the molecule is CCOC(=O)Cc1c(C(F)F)cnc(CN)c1C#N. The van der Waals surface area contributed by atoms with Crippen molar-refractivity contribution in [2.45, 2.75) is 26.3 Å². The first-order chi connectivity index (χ1) is 9.04. The fraction of sp³-hybridized carbons (Fsp3) is 0.417. The average molecular weight is 269 g/mol. The number of carbonyl (C=O) groups excluding carboxylic acids is 1. The Balaban J connectivity index is 3.30. The molecule has 1 aromatic heterocycles. The fourth-order valence-corrected chi connectivity index (χ4v) is 1.63. The zero-order valence-corrected chi connectivity index (χ0v) is 10.3. The third kappa shape index (κ3) is 3.45. The van der Waals surface area contributed by atoms with Crippen LogP contribution in [0, 0.1) is 11.3 Å². The van der Waals surface area contributed by atoms with E-state index in [-0.39, 0.29) is 30.0 Å². The summed E-state index contributed by atoms with van der Waals surface area (Å²) in [5.41, 5.74) is 5.00. The highest BCUT2D eigenvalue weighted by molar-refractivity contribution is 5.74. The van der Waals surface area contributed by atoms with E-state index in [1.54, 1.807) is 13.0 Å². The standard InChI is InChI=1S/C12H13F2N3O2/c1-2-19-11(18)3-7-8(4-15)10(5-16)17-6-9(7)12(13)14/h6,12H,2-3,5,16H2,1H3. The zero-order chi connectivity index (χ0) is 14.4. The molecule has 1 aromatic rings. The van der Waals surface area contributed by atoms with Crippen molar-refractivity contribution >= 4 is 5.97 Å². The summed E-state index contributed by atoms with van der Waals surface area (Å²) in [6.45, 7) is 1.68. The Bertz CT molecular complexity index is 512. The van der Waals surface area contributed by atoms with Crippen LogP contribution in [-0.2, 0) is 22.5 Å². The number of hydrogen-bond donors (Lipinski definition) is 1. The molecule has 0 bridgehead atoms. The van der Waals surface area contributed by atoms with Gasteiger partial charge in [-0.25, -0.2) is 8.78 Å². The first-order valence-electron chi connectivity index (χ1n) is 5.59. The highest BCUT2D eigenvalue weighted by atomic mass is 19.3. The molecule has 0 aliphatic rings. The lowest BCUT2D eigenvalue weighted by Crippen LogP contribution is -2.14. The Morgan fingerprint density at radius 3 is 2.79 bits per heavy atom. The quantitative estimate of drug-likeness (QED) is 0.817. The van der Waals surface area contributed by atoms with Crippen LogP contribution in [0.4, 0.5) is 8.78 Å². The van der Waals surface area contributed by atoms with Gasteiger partial charge >= 0.3 is 5.97 Å². The topological polar surface area (TPSA) is 89.0 Å². The van der Waals surface area contributed by atoms with Crippen LogP contribution in [0.25, 0.3) is 0 Å². The van der Waals surface area contributed by atoms with E-state index in [1.807, 2.05) is 0 Å². The predicted molar refractivity (Wildman–Crippen MR) is 62.1 cm³/mol. The summed E-state index contributed by atoms with van der Waals surface area (Å²) in [6.07, 6.45) is -2.27. The molecule has 0 saturated heterocycles. The van der Waals surface area contributed by atoms with Gasteiger partial charge in [0.05, 0.1) is 24.3 Å². The van der Waals surface area contributed by atoms with Crippen molar-refractivity contribution < 1.29 is 18.3 Å².